The van der Waals surface area contributed by atoms with Crippen molar-refractivity contribution < 1.29 is 8.42 Å². The van der Waals surface area contributed by atoms with E-state index in [-0.39, 0.29) is 18.2 Å². The molecule has 1 aromatic rings. The largest absolute Gasteiger partial charge is 0.260 e. The molecular formula is C10H15ClN2O2S. The van der Waals surface area contributed by atoms with Gasteiger partial charge in [-0.1, -0.05) is 13.0 Å². The van der Waals surface area contributed by atoms with Gasteiger partial charge in [0.05, 0.1) is 18.0 Å². The fourth-order valence-corrected chi connectivity index (χ4v) is 2.76. The molecule has 90 valence electrons. The lowest BCUT2D eigenvalue weighted by Gasteiger charge is -2.09. The maximum Gasteiger partial charge on any atom is 0.212 e. The smallest absolute Gasteiger partial charge is 0.212 e. The van der Waals surface area contributed by atoms with Crippen LogP contribution in [0.2, 0.25) is 0 Å². The predicted molar refractivity (Wildman–Crippen MR) is 64.7 cm³/mol. The van der Waals surface area contributed by atoms with Gasteiger partial charge in [0, 0.05) is 12.1 Å². The van der Waals surface area contributed by atoms with Crippen LogP contribution in [0.4, 0.5) is 0 Å². The normalized spacial score (nSPS) is 13.6. The number of halogens is 1. The first-order chi connectivity index (χ1) is 7.53. The summed E-state index contributed by atoms with van der Waals surface area (Å²) in [5, 5.41) is 0. The SMILES string of the molecule is CC(CCl)CS(=O)(=O)NCc1ccccn1. The third-order valence-electron chi connectivity index (χ3n) is 1.97. The summed E-state index contributed by atoms with van der Waals surface area (Å²) in [6.45, 7) is 2.02. The van der Waals surface area contributed by atoms with Crippen LogP contribution in [-0.2, 0) is 16.6 Å². The van der Waals surface area contributed by atoms with Crippen molar-refractivity contribution in [3.05, 3.63) is 30.1 Å². The van der Waals surface area contributed by atoms with Gasteiger partial charge in [-0.3, -0.25) is 4.98 Å². The van der Waals surface area contributed by atoms with Gasteiger partial charge in [-0.25, -0.2) is 13.1 Å². The lowest BCUT2D eigenvalue weighted by atomic mass is 10.3. The molecule has 1 atom stereocenters. The van der Waals surface area contributed by atoms with E-state index < -0.39 is 10.0 Å². The molecule has 0 radical (unpaired) electrons. The number of aromatic nitrogens is 1. The van der Waals surface area contributed by atoms with Crippen LogP contribution < -0.4 is 4.72 Å². The highest BCUT2D eigenvalue weighted by atomic mass is 35.5. The minimum atomic E-state index is -3.27. The van der Waals surface area contributed by atoms with E-state index in [1.807, 2.05) is 6.07 Å². The van der Waals surface area contributed by atoms with Crippen LogP contribution in [0.25, 0.3) is 0 Å². The average molecular weight is 263 g/mol. The van der Waals surface area contributed by atoms with Crippen LogP contribution in [-0.4, -0.2) is 25.0 Å². The van der Waals surface area contributed by atoms with Crippen LogP contribution in [0, 0.1) is 5.92 Å². The van der Waals surface area contributed by atoms with Gasteiger partial charge in [0.15, 0.2) is 0 Å². The quantitative estimate of drug-likeness (QED) is 0.788. The molecule has 0 fully saturated rings. The summed E-state index contributed by atoms with van der Waals surface area (Å²) in [4.78, 5) is 4.03. The van der Waals surface area contributed by atoms with E-state index in [0.29, 0.717) is 11.6 Å². The molecule has 1 heterocycles. The predicted octanol–water partition coefficient (Wildman–Crippen LogP) is 1.38. The molecule has 1 unspecified atom stereocenters. The summed E-state index contributed by atoms with van der Waals surface area (Å²) in [6, 6.07) is 5.37. The zero-order valence-corrected chi connectivity index (χ0v) is 10.6. The molecule has 0 spiro atoms. The van der Waals surface area contributed by atoms with E-state index in [0.717, 1.165) is 0 Å². The maximum atomic E-state index is 11.6. The highest BCUT2D eigenvalue weighted by Crippen LogP contribution is 2.03. The number of pyridine rings is 1. The average Bonchev–Trinajstić information content (AvgIpc) is 2.27. The second-order valence-corrected chi connectivity index (χ2v) is 5.84. The minimum Gasteiger partial charge on any atom is -0.260 e. The highest BCUT2D eigenvalue weighted by molar-refractivity contribution is 7.89. The second-order valence-electron chi connectivity index (χ2n) is 3.68. The number of hydrogen-bond acceptors (Lipinski definition) is 3. The zero-order valence-electron chi connectivity index (χ0n) is 9.06. The third-order valence-corrected chi connectivity index (χ3v) is 4.09. The molecule has 0 bridgehead atoms. The van der Waals surface area contributed by atoms with Crippen molar-refractivity contribution in [1.29, 1.82) is 0 Å². The first-order valence-electron chi connectivity index (χ1n) is 4.96. The summed E-state index contributed by atoms with van der Waals surface area (Å²) in [6.07, 6.45) is 1.63. The van der Waals surface area contributed by atoms with Gasteiger partial charge >= 0.3 is 0 Å². The summed E-state index contributed by atoms with van der Waals surface area (Å²) < 4.78 is 25.6. The Balaban J connectivity index is 2.49. The van der Waals surface area contributed by atoms with Gasteiger partial charge < -0.3 is 0 Å². The van der Waals surface area contributed by atoms with Crippen molar-refractivity contribution in [3.8, 4) is 0 Å². The minimum absolute atomic E-state index is 0.0450. The Kier molecular flexibility index (Phi) is 5.18. The van der Waals surface area contributed by atoms with E-state index in [1.54, 1.807) is 25.3 Å². The molecule has 16 heavy (non-hydrogen) atoms. The lowest BCUT2D eigenvalue weighted by Crippen LogP contribution is -2.29. The summed E-state index contributed by atoms with van der Waals surface area (Å²) in [7, 11) is -3.27. The molecule has 0 aliphatic heterocycles. The highest BCUT2D eigenvalue weighted by Gasteiger charge is 2.14. The van der Waals surface area contributed by atoms with Gasteiger partial charge in [0.2, 0.25) is 10.0 Å². The van der Waals surface area contributed by atoms with E-state index >= 15 is 0 Å². The van der Waals surface area contributed by atoms with Crippen LogP contribution in [0.15, 0.2) is 24.4 Å². The summed E-state index contributed by atoms with van der Waals surface area (Å²) in [5.41, 5.74) is 0.699. The van der Waals surface area contributed by atoms with Crippen molar-refractivity contribution >= 4 is 21.6 Å². The third kappa shape index (κ3) is 4.92. The topological polar surface area (TPSA) is 59.1 Å². The van der Waals surface area contributed by atoms with Crippen molar-refractivity contribution in [1.82, 2.24) is 9.71 Å². The molecule has 1 N–H and O–H groups in total. The molecule has 6 heteroatoms. The number of nitrogens with zero attached hydrogens (tertiary/aromatic N) is 1. The van der Waals surface area contributed by atoms with Crippen molar-refractivity contribution in [2.24, 2.45) is 5.92 Å². The number of rotatable bonds is 6. The van der Waals surface area contributed by atoms with Crippen LogP contribution >= 0.6 is 11.6 Å². The molecular weight excluding hydrogens is 248 g/mol. The molecule has 0 saturated heterocycles. The standard InChI is InChI=1S/C10H15ClN2O2S/c1-9(6-11)8-16(14,15)13-7-10-4-2-3-5-12-10/h2-5,9,13H,6-8H2,1H3. The lowest BCUT2D eigenvalue weighted by molar-refractivity contribution is 0.568. The molecule has 0 aromatic carbocycles. The number of nitrogens with one attached hydrogen (secondary N) is 1. The van der Waals surface area contributed by atoms with Crippen molar-refractivity contribution in [3.63, 3.8) is 0 Å². The first-order valence-corrected chi connectivity index (χ1v) is 7.15. The van der Waals surface area contributed by atoms with Crippen LogP contribution in [0.1, 0.15) is 12.6 Å². The van der Waals surface area contributed by atoms with Crippen LogP contribution in [0.5, 0.6) is 0 Å². The van der Waals surface area contributed by atoms with Crippen molar-refractivity contribution in [2.45, 2.75) is 13.5 Å². The van der Waals surface area contributed by atoms with Gasteiger partial charge in [0.1, 0.15) is 0 Å². The fraction of sp³-hybridized carbons (Fsp3) is 0.500. The molecule has 1 aromatic heterocycles. The fourth-order valence-electron chi connectivity index (χ4n) is 1.16. The van der Waals surface area contributed by atoms with Gasteiger partial charge in [-0.2, -0.15) is 0 Å². The molecule has 0 aliphatic rings. The van der Waals surface area contributed by atoms with Gasteiger partial charge in [-0.15, -0.1) is 11.6 Å². The number of hydrogen-bond donors (Lipinski definition) is 1. The Labute approximate surface area is 101 Å². The molecule has 4 nitrogen and oxygen atoms in total. The zero-order chi connectivity index (χ0) is 12.0. The maximum absolute atomic E-state index is 11.6. The Morgan fingerprint density at radius 3 is 2.81 bits per heavy atom. The number of alkyl halides is 1. The van der Waals surface area contributed by atoms with Crippen LogP contribution in [0.3, 0.4) is 0 Å². The van der Waals surface area contributed by atoms with Gasteiger partial charge in [-0.05, 0) is 18.1 Å². The Hall–Kier alpha value is -0.650. The molecule has 0 aliphatic carbocycles. The first kappa shape index (κ1) is 13.4. The Morgan fingerprint density at radius 1 is 1.50 bits per heavy atom. The van der Waals surface area contributed by atoms with E-state index in [9.17, 15) is 8.42 Å². The van der Waals surface area contributed by atoms with E-state index in [2.05, 4.69) is 9.71 Å². The summed E-state index contributed by atoms with van der Waals surface area (Å²) in [5.74, 6) is 0.330. The Bertz CT molecular complexity index is 408. The number of sulfonamides is 1. The van der Waals surface area contributed by atoms with Gasteiger partial charge in [0.25, 0.3) is 0 Å². The summed E-state index contributed by atoms with van der Waals surface area (Å²) >= 11 is 5.57. The monoisotopic (exact) mass is 262 g/mol. The van der Waals surface area contributed by atoms with E-state index in [1.165, 1.54) is 0 Å². The van der Waals surface area contributed by atoms with E-state index in [4.69, 9.17) is 11.6 Å². The molecule has 0 amide bonds. The Morgan fingerprint density at radius 2 is 2.25 bits per heavy atom. The molecule has 1 rings (SSSR count). The second kappa shape index (κ2) is 6.18. The van der Waals surface area contributed by atoms with Crippen molar-refractivity contribution in [2.75, 3.05) is 11.6 Å². The molecule has 0 saturated carbocycles.